The maximum absolute atomic E-state index is 13.8. The number of anilines is 1. The van der Waals surface area contributed by atoms with Crippen molar-refractivity contribution in [2.45, 2.75) is 44.4 Å². The Hall–Kier alpha value is -3.20. The van der Waals surface area contributed by atoms with Gasteiger partial charge in [0.25, 0.3) is 5.91 Å². The molecule has 0 saturated heterocycles. The number of fused-ring (bicyclic) bond motifs is 1. The number of rotatable bonds is 8. The summed E-state index contributed by atoms with van der Waals surface area (Å²) >= 11 is 0. The van der Waals surface area contributed by atoms with Crippen LogP contribution in [0.25, 0.3) is 0 Å². The van der Waals surface area contributed by atoms with Crippen molar-refractivity contribution in [2.75, 3.05) is 18.5 Å². The molecule has 0 radical (unpaired) electrons. The maximum Gasteiger partial charge on any atom is 0.416 e. The first-order valence-electron chi connectivity index (χ1n) is 11.3. The van der Waals surface area contributed by atoms with Crippen molar-refractivity contribution in [1.82, 2.24) is 5.32 Å². The second-order valence-corrected chi connectivity index (χ2v) is 8.39. The summed E-state index contributed by atoms with van der Waals surface area (Å²) in [6.07, 6.45) is -0.0797. The van der Waals surface area contributed by atoms with Crippen molar-refractivity contribution >= 4 is 23.7 Å². The molecule has 9 heteroatoms. The zero-order valence-corrected chi connectivity index (χ0v) is 19.2. The molecule has 3 N–H and O–H groups in total. The van der Waals surface area contributed by atoms with Gasteiger partial charge in [0, 0.05) is 30.9 Å². The molecule has 1 unspecified atom stereocenters. The number of halogens is 3. The zero-order valence-electron chi connectivity index (χ0n) is 19.2. The van der Waals surface area contributed by atoms with Crippen LogP contribution in [0.2, 0.25) is 0 Å². The first-order valence-corrected chi connectivity index (χ1v) is 11.3. The Morgan fingerprint density at radius 1 is 1.18 bits per heavy atom. The highest BCUT2D eigenvalue weighted by atomic mass is 19.4. The topological polar surface area (TPSA) is 87.8 Å². The van der Waals surface area contributed by atoms with Crippen LogP contribution in [0.4, 0.5) is 18.9 Å². The van der Waals surface area contributed by atoms with Crippen molar-refractivity contribution in [2.24, 2.45) is 16.6 Å². The zero-order chi connectivity index (χ0) is 24.9. The summed E-state index contributed by atoms with van der Waals surface area (Å²) in [6, 6.07) is 11.3. The smallest absolute Gasteiger partial charge is 0.330 e. The first kappa shape index (κ1) is 25.4. The molecule has 0 spiro atoms. The molecule has 2 amide bonds. The summed E-state index contributed by atoms with van der Waals surface area (Å²) in [6.45, 7) is 2.08. The molecule has 0 aromatic heterocycles. The number of nitrogens with one attached hydrogen (secondary N) is 1. The number of likely N-dealkylation sites (N-methyl/N-ethyl adjacent to an activating group) is 1. The van der Waals surface area contributed by atoms with Gasteiger partial charge in [0.1, 0.15) is 0 Å². The lowest BCUT2D eigenvalue weighted by Gasteiger charge is -2.34. The Labute approximate surface area is 197 Å². The Kier molecular flexibility index (Phi) is 7.76. The number of hydrogen-bond acceptors (Lipinski definition) is 4. The molecule has 182 valence electrons. The molecule has 3 rings (SSSR count). The summed E-state index contributed by atoms with van der Waals surface area (Å²) in [4.78, 5) is 32.8. The van der Waals surface area contributed by atoms with Crippen LogP contribution in [0.3, 0.4) is 0 Å². The minimum absolute atomic E-state index is 0.0438. The lowest BCUT2D eigenvalue weighted by Crippen LogP contribution is -2.57. The average molecular weight is 475 g/mol. The fourth-order valence-electron chi connectivity index (χ4n) is 4.03. The molecule has 2 aromatic carbocycles. The van der Waals surface area contributed by atoms with E-state index in [4.69, 9.17) is 5.73 Å². The van der Waals surface area contributed by atoms with Crippen molar-refractivity contribution in [3.8, 4) is 0 Å². The van der Waals surface area contributed by atoms with Crippen LogP contribution in [-0.2, 0) is 21.4 Å². The van der Waals surface area contributed by atoms with E-state index < -0.39 is 35.1 Å². The number of para-hydroxylation sites is 1. The summed E-state index contributed by atoms with van der Waals surface area (Å²) in [5.74, 6) is -1.81. The van der Waals surface area contributed by atoms with E-state index in [1.165, 1.54) is 30.3 Å². The summed E-state index contributed by atoms with van der Waals surface area (Å²) in [5.41, 5.74) is 3.86. The summed E-state index contributed by atoms with van der Waals surface area (Å²) in [7, 11) is 1.51. The molecule has 1 aliphatic rings. The van der Waals surface area contributed by atoms with Crippen LogP contribution in [0, 0.1) is 5.92 Å². The van der Waals surface area contributed by atoms with Gasteiger partial charge in [-0.05, 0) is 24.6 Å². The fraction of sp³-hybridized carbons (Fsp3) is 0.400. The first-order chi connectivity index (χ1) is 16.1. The van der Waals surface area contributed by atoms with Gasteiger partial charge < -0.3 is 16.0 Å². The van der Waals surface area contributed by atoms with Gasteiger partial charge in [-0.1, -0.05) is 56.5 Å². The second kappa shape index (κ2) is 10.4. The van der Waals surface area contributed by atoms with Gasteiger partial charge in [-0.2, -0.15) is 13.2 Å². The third-order valence-electron chi connectivity index (χ3n) is 6.03. The second-order valence-electron chi connectivity index (χ2n) is 8.39. The van der Waals surface area contributed by atoms with Gasteiger partial charge in [-0.25, -0.2) is 0 Å². The van der Waals surface area contributed by atoms with Gasteiger partial charge >= 0.3 is 6.18 Å². The predicted molar refractivity (Wildman–Crippen MR) is 125 cm³/mol. The van der Waals surface area contributed by atoms with Gasteiger partial charge in [-0.3, -0.25) is 14.6 Å². The van der Waals surface area contributed by atoms with Crippen LogP contribution in [0.15, 0.2) is 53.5 Å². The van der Waals surface area contributed by atoms with Gasteiger partial charge in [-0.15, -0.1) is 0 Å². The molecular formula is C25H29F3N4O2. The number of unbranched alkanes of at least 4 members (excludes halogenated alkanes) is 2. The number of aliphatic imine (C=N–C) groups is 1. The molecule has 0 fully saturated rings. The number of hydrogen-bond donors (Lipinski definition) is 2. The molecule has 1 aliphatic heterocycles. The molecule has 34 heavy (non-hydrogen) atoms. The molecule has 0 aliphatic carbocycles. The normalized spacial score (nSPS) is 18.9. The van der Waals surface area contributed by atoms with Crippen LogP contribution < -0.4 is 16.0 Å². The van der Waals surface area contributed by atoms with Crippen LogP contribution in [-0.4, -0.2) is 31.6 Å². The Balaban J connectivity index is 2.12. The Morgan fingerprint density at radius 3 is 2.59 bits per heavy atom. The number of nitrogens with zero attached hydrogens (tertiary/aromatic N) is 2. The highest BCUT2D eigenvalue weighted by Crippen LogP contribution is 2.36. The van der Waals surface area contributed by atoms with E-state index in [0.29, 0.717) is 17.7 Å². The van der Waals surface area contributed by atoms with E-state index in [-0.39, 0.29) is 12.1 Å². The molecule has 2 atom stereocenters. The number of amides is 2. The van der Waals surface area contributed by atoms with E-state index in [1.807, 2.05) is 6.92 Å². The summed E-state index contributed by atoms with van der Waals surface area (Å²) in [5, 5.41) is 2.68. The van der Waals surface area contributed by atoms with Crippen molar-refractivity contribution in [3.63, 3.8) is 0 Å². The van der Waals surface area contributed by atoms with Gasteiger partial charge in [0.2, 0.25) is 11.6 Å². The third kappa shape index (κ3) is 5.14. The van der Waals surface area contributed by atoms with Crippen LogP contribution in [0.5, 0.6) is 0 Å². The Morgan fingerprint density at radius 2 is 1.91 bits per heavy atom. The fourth-order valence-corrected chi connectivity index (χ4v) is 4.03. The molecular weight excluding hydrogens is 445 g/mol. The lowest BCUT2D eigenvalue weighted by molar-refractivity contribution is -0.138. The van der Waals surface area contributed by atoms with E-state index >= 15 is 0 Å². The van der Waals surface area contributed by atoms with Crippen LogP contribution >= 0.6 is 0 Å². The molecule has 1 heterocycles. The third-order valence-corrected chi connectivity index (χ3v) is 6.03. The van der Waals surface area contributed by atoms with Gasteiger partial charge in [0.05, 0.1) is 17.2 Å². The van der Waals surface area contributed by atoms with E-state index in [1.54, 1.807) is 24.3 Å². The highest BCUT2D eigenvalue weighted by molar-refractivity contribution is 6.08. The van der Waals surface area contributed by atoms with Crippen molar-refractivity contribution < 1.29 is 22.8 Å². The minimum Gasteiger partial charge on any atom is -0.330 e. The Bertz CT molecular complexity index is 1070. The van der Waals surface area contributed by atoms with E-state index in [2.05, 4.69) is 10.3 Å². The number of nitrogens with two attached hydrogens (primary N) is 1. The predicted octanol–water partition coefficient (Wildman–Crippen LogP) is 4.23. The van der Waals surface area contributed by atoms with Gasteiger partial charge in [0.15, 0.2) is 0 Å². The SMILES string of the molecule is CCCCC[C@@H](CN)C(=O)NC1(c2cccc(C(F)(F)F)c2)N=Cc2ccccc2N(C)C1=O. The lowest BCUT2D eigenvalue weighted by atomic mass is 9.93. The standard InChI is InChI=1S/C25H29F3N4O2/c1-3-4-5-9-17(15-29)22(33)31-24(19-11-8-12-20(14-19)25(26,27)28)23(34)32(2)21-13-7-6-10-18(21)16-30-24/h6-8,10-14,16-17H,3-5,9,15,29H2,1-2H3,(H,31,33)/t17-,24?/m0/s1. The number of alkyl halides is 3. The number of carbonyl (C=O) groups excluding carboxylic acids is 2. The molecule has 0 saturated carbocycles. The van der Waals surface area contributed by atoms with Crippen molar-refractivity contribution in [1.29, 1.82) is 0 Å². The molecule has 0 bridgehead atoms. The van der Waals surface area contributed by atoms with Crippen molar-refractivity contribution in [3.05, 3.63) is 65.2 Å². The number of carbonyl (C=O) groups is 2. The average Bonchev–Trinajstić information content (AvgIpc) is 2.92. The largest absolute Gasteiger partial charge is 0.416 e. The number of benzene rings is 2. The summed E-state index contributed by atoms with van der Waals surface area (Å²) < 4.78 is 40.5. The van der Waals surface area contributed by atoms with Crippen LogP contribution in [0.1, 0.15) is 49.3 Å². The number of benzodiazepines with no additional fused rings is 1. The maximum atomic E-state index is 13.8. The molecule has 2 aromatic rings. The monoisotopic (exact) mass is 474 g/mol. The van der Waals surface area contributed by atoms with E-state index in [9.17, 15) is 22.8 Å². The highest BCUT2D eigenvalue weighted by Gasteiger charge is 2.47. The quantitative estimate of drug-likeness (QED) is 0.562. The minimum atomic E-state index is -4.63. The van der Waals surface area contributed by atoms with E-state index in [0.717, 1.165) is 31.4 Å². The molecule has 6 nitrogen and oxygen atoms in total.